The molecule has 3 heteroatoms. The Balaban J connectivity index is 2.74. The lowest BCUT2D eigenvalue weighted by Gasteiger charge is -2.05. The Hall–Kier alpha value is -1.51. The van der Waals surface area contributed by atoms with Crippen LogP contribution in [0.3, 0.4) is 0 Å². The molecular weight excluding hydrogens is 164 g/mol. The molecule has 0 N–H and O–H groups in total. The van der Waals surface area contributed by atoms with Crippen LogP contribution < -0.4 is 4.85 Å². The van der Waals surface area contributed by atoms with E-state index in [2.05, 4.69) is 0 Å². The van der Waals surface area contributed by atoms with Gasteiger partial charge >= 0.3 is 0 Å². The van der Waals surface area contributed by atoms with Crippen molar-refractivity contribution in [3.05, 3.63) is 35.7 Å². The Bertz CT molecular complexity index is 431. The van der Waals surface area contributed by atoms with Crippen LogP contribution in [0.5, 0.6) is 0 Å². The minimum absolute atomic E-state index is 0.199. The van der Waals surface area contributed by atoms with Crippen molar-refractivity contribution >= 4 is 10.9 Å². The third-order valence-corrected chi connectivity index (χ3v) is 2.15. The van der Waals surface area contributed by atoms with Crippen LogP contribution in [0.15, 0.2) is 30.5 Å². The summed E-state index contributed by atoms with van der Waals surface area (Å²) < 4.78 is 1.69. The van der Waals surface area contributed by atoms with Crippen molar-refractivity contribution in [2.24, 2.45) is 0 Å². The lowest BCUT2D eigenvalue weighted by molar-refractivity contribution is -0.672. The van der Waals surface area contributed by atoms with Crippen LogP contribution in [-0.2, 0) is 0 Å². The van der Waals surface area contributed by atoms with E-state index < -0.39 is 0 Å². The maximum absolute atomic E-state index is 11.6. The third-order valence-electron chi connectivity index (χ3n) is 2.15. The van der Waals surface area contributed by atoms with Crippen LogP contribution in [0.1, 0.15) is 19.9 Å². The Morgan fingerprint density at radius 1 is 1.31 bits per heavy atom. The molecule has 0 saturated heterocycles. The Morgan fingerprint density at radius 3 is 2.62 bits per heavy atom. The highest BCUT2D eigenvalue weighted by Gasteiger charge is 2.12. The van der Waals surface area contributed by atoms with E-state index in [1.54, 1.807) is 4.68 Å². The second-order valence-corrected chi connectivity index (χ2v) is 3.43. The van der Waals surface area contributed by atoms with Gasteiger partial charge in [0.25, 0.3) is 5.52 Å². The average Bonchev–Trinajstić information content (AvgIpc) is 2.45. The van der Waals surface area contributed by atoms with Crippen molar-refractivity contribution in [3.8, 4) is 0 Å². The first-order valence-corrected chi connectivity index (χ1v) is 4.39. The quantitative estimate of drug-likeness (QED) is 0.482. The predicted molar refractivity (Wildman–Crippen MR) is 51.3 cm³/mol. The molecule has 2 aromatic rings. The summed E-state index contributed by atoms with van der Waals surface area (Å²) in [4.78, 5) is 0.944. The van der Waals surface area contributed by atoms with Crippen LogP contribution in [0, 0.1) is 5.21 Å². The van der Waals surface area contributed by atoms with Crippen molar-refractivity contribution in [1.82, 2.24) is 4.68 Å². The van der Waals surface area contributed by atoms with Crippen LogP contribution in [0.25, 0.3) is 10.9 Å². The smallest absolute Gasteiger partial charge is 0.251 e. The maximum atomic E-state index is 11.6. The number of fused-ring (bicyclic) bond motifs is 1. The van der Waals surface area contributed by atoms with Gasteiger partial charge in [0.2, 0.25) is 0 Å². The second-order valence-electron chi connectivity index (χ2n) is 3.43. The van der Waals surface area contributed by atoms with Gasteiger partial charge in [0.1, 0.15) is 0 Å². The molecule has 0 atom stereocenters. The fraction of sp³-hybridized carbons (Fsp3) is 0.300. The Labute approximate surface area is 76.8 Å². The minimum atomic E-state index is 0.199. The van der Waals surface area contributed by atoms with E-state index >= 15 is 0 Å². The number of hydrogen-bond acceptors (Lipinski definition) is 1. The van der Waals surface area contributed by atoms with Gasteiger partial charge in [0.15, 0.2) is 0 Å². The number of nitrogens with zero attached hydrogens (tertiary/aromatic N) is 2. The van der Waals surface area contributed by atoms with Crippen LogP contribution in [0.2, 0.25) is 0 Å². The molecule has 1 aromatic carbocycles. The highest BCUT2D eigenvalue weighted by Crippen LogP contribution is 2.12. The molecule has 1 aromatic heterocycles. The number of hydrogen-bond donors (Lipinski definition) is 0. The molecule has 0 radical (unpaired) electrons. The molecule has 2 rings (SSSR count). The van der Waals surface area contributed by atoms with Crippen molar-refractivity contribution in [2.75, 3.05) is 0 Å². The number of aromatic nitrogens is 2. The number of rotatable bonds is 1. The van der Waals surface area contributed by atoms with E-state index in [9.17, 15) is 5.21 Å². The van der Waals surface area contributed by atoms with Gasteiger partial charge in [-0.1, -0.05) is 17.0 Å². The SMILES string of the molecule is CC(C)n1cc2ccccc2[n+]1[O-]. The monoisotopic (exact) mass is 176 g/mol. The van der Waals surface area contributed by atoms with Gasteiger partial charge < -0.3 is 5.21 Å². The summed E-state index contributed by atoms with van der Waals surface area (Å²) in [6.07, 6.45) is 1.88. The van der Waals surface area contributed by atoms with Crippen molar-refractivity contribution < 1.29 is 4.85 Å². The van der Waals surface area contributed by atoms with Gasteiger partial charge in [0.05, 0.1) is 17.6 Å². The Morgan fingerprint density at radius 2 is 2.00 bits per heavy atom. The van der Waals surface area contributed by atoms with Crippen molar-refractivity contribution in [1.29, 1.82) is 0 Å². The second kappa shape index (κ2) is 2.76. The lowest BCUT2D eigenvalue weighted by atomic mass is 10.3. The molecule has 0 aliphatic heterocycles. The van der Waals surface area contributed by atoms with Gasteiger partial charge in [-0.3, -0.25) is 0 Å². The van der Waals surface area contributed by atoms with E-state index in [0.29, 0.717) is 0 Å². The number of para-hydroxylation sites is 1. The van der Waals surface area contributed by atoms with Crippen molar-refractivity contribution in [2.45, 2.75) is 19.9 Å². The highest BCUT2D eigenvalue weighted by atomic mass is 16.5. The molecule has 0 amide bonds. The molecule has 0 fully saturated rings. The van der Waals surface area contributed by atoms with Gasteiger partial charge in [-0.25, -0.2) is 0 Å². The molecule has 13 heavy (non-hydrogen) atoms. The summed E-state index contributed by atoms with van der Waals surface area (Å²) in [6.45, 7) is 3.99. The molecule has 0 aliphatic carbocycles. The molecule has 0 bridgehead atoms. The van der Waals surface area contributed by atoms with E-state index in [-0.39, 0.29) is 6.04 Å². The average molecular weight is 176 g/mol. The molecule has 0 spiro atoms. The van der Waals surface area contributed by atoms with Gasteiger partial charge in [0, 0.05) is 6.07 Å². The standard InChI is InChI=1S/C10H12N2O/c1-8(2)11-7-9-5-3-4-6-10(9)12(11)13/h3-8H,1-2H3. The third kappa shape index (κ3) is 1.16. The largest absolute Gasteiger partial charge is 0.595 e. The fourth-order valence-corrected chi connectivity index (χ4v) is 1.45. The van der Waals surface area contributed by atoms with E-state index in [1.165, 1.54) is 0 Å². The molecule has 1 heterocycles. The minimum Gasteiger partial charge on any atom is -0.595 e. The van der Waals surface area contributed by atoms with Gasteiger partial charge in [-0.2, -0.15) is 0 Å². The summed E-state index contributed by atoms with van der Waals surface area (Å²) in [5.74, 6) is 0. The summed E-state index contributed by atoms with van der Waals surface area (Å²) in [5.41, 5.74) is 0.733. The first-order valence-electron chi connectivity index (χ1n) is 4.39. The van der Waals surface area contributed by atoms with Gasteiger partial charge in [-0.15, -0.1) is 4.68 Å². The molecule has 68 valence electrons. The van der Waals surface area contributed by atoms with E-state index in [4.69, 9.17) is 0 Å². The van der Waals surface area contributed by atoms with Gasteiger partial charge in [-0.05, 0) is 19.9 Å². The zero-order valence-electron chi connectivity index (χ0n) is 7.77. The molecule has 0 unspecified atom stereocenters. The zero-order valence-corrected chi connectivity index (χ0v) is 7.77. The van der Waals surface area contributed by atoms with E-state index in [0.717, 1.165) is 15.7 Å². The Kier molecular flexibility index (Phi) is 1.72. The lowest BCUT2D eigenvalue weighted by Crippen LogP contribution is -2.38. The molecule has 0 aliphatic rings. The first-order chi connectivity index (χ1) is 6.20. The summed E-state index contributed by atoms with van der Waals surface area (Å²) in [7, 11) is 0. The normalized spacial score (nSPS) is 11.3. The maximum Gasteiger partial charge on any atom is 0.251 e. The first kappa shape index (κ1) is 8.10. The molecule has 3 nitrogen and oxygen atoms in total. The summed E-state index contributed by atoms with van der Waals surface area (Å²) >= 11 is 0. The van der Waals surface area contributed by atoms with Crippen LogP contribution >= 0.6 is 0 Å². The summed E-state index contributed by atoms with van der Waals surface area (Å²) in [5, 5.41) is 12.6. The molecule has 0 saturated carbocycles. The topological polar surface area (TPSA) is 31.9 Å². The van der Waals surface area contributed by atoms with E-state index in [1.807, 2.05) is 44.3 Å². The highest BCUT2D eigenvalue weighted by molar-refractivity contribution is 5.74. The molecular formula is C10H12N2O. The van der Waals surface area contributed by atoms with Crippen LogP contribution in [0.4, 0.5) is 0 Å². The number of benzene rings is 1. The zero-order chi connectivity index (χ0) is 9.42. The van der Waals surface area contributed by atoms with Crippen molar-refractivity contribution in [3.63, 3.8) is 0 Å². The summed E-state index contributed by atoms with van der Waals surface area (Å²) in [6, 6.07) is 7.79. The van der Waals surface area contributed by atoms with Crippen LogP contribution in [-0.4, -0.2) is 4.68 Å². The fourth-order valence-electron chi connectivity index (χ4n) is 1.45. The predicted octanol–water partition coefficient (Wildman–Crippen LogP) is 1.86.